The van der Waals surface area contributed by atoms with Crippen molar-refractivity contribution in [3.63, 3.8) is 0 Å². The number of carbonyl (C=O) groups is 10. The first kappa shape index (κ1) is 76.5. The van der Waals surface area contributed by atoms with Gasteiger partial charge in [0.2, 0.25) is 47.3 Å². The molecule has 2 heterocycles. The van der Waals surface area contributed by atoms with Gasteiger partial charge in [-0.05, 0) is 112 Å². The molecule has 0 unspecified atom stereocenters. The van der Waals surface area contributed by atoms with Crippen LogP contribution < -0.4 is 15.4 Å². The molecule has 2 saturated carbocycles. The highest BCUT2D eigenvalue weighted by Gasteiger charge is 2.59. The number of ether oxygens (including phenoxy) is 3. The van der Waals surface area contributed by atoms with E-state index in [2.05, 4.69) is 10.6 Å². The minimum atomic E-state index is -4.71. The van der Waals surface area contributed by atoms with E-state index in [0.717, 1.165) is 26.0 Å². The Hall–Kier alpha value is -7.51. The number of nitrogens with one attached hydrogen (secondary N) is 2. The Morgan fingerprint density at radius 3 is 1.97 bits per heavy atom. The molecule has 0 bridgehead atoms. The van der Waals surface area contributed by atoms with Crippen molar-refractivity contribution in [1.29, 1.82) is 0 Å². The number of halogens is 3. The standard InChI is InChI=1S/C69H102F3N9O14/c1-15-25-50(57(83)74-55(43(4)16-2)61(87)81-37-24-36-68(81,64(90)91)66(5,6)7)76(10)54(82)40-51(59(85)75(8)9)77(11)62(88)56(46-28-21-22-29-46)78(12)63(89)67(34-23-35-67)79(13)60(86)52-39-47(94-17-3)41-80(52)58(84)49(73-65(92)95-42-45-26-19-18-20-27-45)33-31-44-30-32-48(69(70,71)72)53(38-44)93-14/h18-20,26-27,30,32,38,43,46-47,49-52,55-56H,15-17,21-25,28-29,31,33-37,39-42H2,1-14H3,(H,73,92)(H,74,83)(H,90,91)/t43-,47+,49-,50-,51-,52-,55-,56-,68+/m0/s1. The zero-order valence-electron chi connectivity index (χ0n) is 58.0. The van der Waals surface area contributed by atoms with Gasteiger partial charge in [0.1, 0.15) is 59.7 Å². The first-order valence-electron chi connectivity index (χ1n) is 33.4. The molecule has 95 heavy (non-hydrogen) atoms. The molecule has 23 nitrogen and oxygen atoms in total. The van der Waals surface area contributed by atoms with E-state index < -0.39 is 154 Å². The number of rotatable bonds is 29. The predicted molar refractivity (Wildman–Crippen MR) is 347 cm³/mol. The summed E-state index contributed by atoms with van der Waals surface area (Å²) in [6.07, 6.45) is -1.98. The van der Waals surface area contributed by atoms with Crippen LogP contribution in [0.25, 0.3) is 0 Å². The Labute approximate surface area is 557 Å². The average Bonchev–Trinajstić information content (AvgIpc) is 1.73. The average molecular weight is 1340 g/mol. The van der Waals surface area contributed by atoms with E-state index in [1.807, 2.05) is 13.8 Å². The number of alkyl carbamates (subject to hydrolysis) is 1. The zero-order valence-corrected chi connectivity index (χ0v) is 58.0. The molecule has 3 N–H and O–H groups in total. The molecule has 4 aliphatic rings. The van der Waals surface area contributed by atoms with Crippen LogP contribution >= 0.6 is 0 Å². The van der Waals surface area contributed by atoms with Gasteiger partial charge in [-0.15, -0.1) is 0 Å². The summed E-state index contributed by atoms with van der Waals surface area (Å²) in [7, 11) is 9.85. The largest absolute Gasteiger partial charge is 0.496 e. The number of carbonyl (C=O) groups excluding carboxylic acids is 9. The lowest BCUT2D eigenvalue weighted by molar-refractivity contribution is -0.166. The van der Waals surface area contributed by atoms with E-state index in [1.54, 1.807) is 65.0 Å². The lowest BCUT2D eigenvalue weighted by Gasteiger charge is -2.51. The highest BCUT2D eigenvalue weighted by atomic mass is 19.4. The van der Waals surface area contributed by atoms with Gasteiger partial charge in [0, 0.05) is 68.4 Å². The molecule has 0 aromatic heterocycles. The van der Waals surface area contributed by atoms with Gasteiger partial charge in [0.15, 0.2) is 0 Å². The number of aliphatic carboxylic acids is 1. The van der Waals surface area contributed by atoms with E-state index in [9.17, 15) is 47.0 Å². The summed E-state index contributed by atoms with van der Waals surface area (Å²) in [6.45, 7) is 12.7. The van der Waals surface area contributed by atoms with Crippen molar-refractivity contribution in [2.45, 2.75) is 217 Å². The zero-order chi connectivity index (χ0) is 70.7. The number of methoxy groups -OCH3 is 1. The first-order valence-corrected chi connectivity index (χ1v) is 33.4. The summed E-state index contributed by atoms with van der Waals surface area (Å²) in [5.74, 6) is -7.42. The number of likely N-dealkylation sites (tertiary alicyclic amines) is 2. The van der Waals surface area contributed by atoms with Crippen molar-refractivity contribution in [3.8, 4) is 5.75 Å². The van der Waals surface area contributed by atoms with E-state index in [0.29, 0.717) is 49.7 Å². The molecule has 2 saturated heterocycles. The third kappa shape index (κ3) is 17.0. The Bertz CT molecular complexity index is 3060. The Morgan fingerprint density at radius 2 is 1.42 bits per heavy atom. The normalized spacial score (nSPS) is 20.6. The highest BCUT2D eigenvalue weighted by molar-refractivity contribution is 6.00. The van der Waals surface area contributed by atoms with Crippen molar-refractivity contribution in [2.75, 3.05) is 69.1 Å². The fourth-order valence-electron chi connectivity index (χ4n) is 14.3. The number of likely N-dealkylation sites (N-methyl/N-ethyl adjacent to an activating group) is 5. The maximum atomic E-state index is 15.6. The number of hydrogen-bond acceptors (Lipinski definition) is 13. The molecule has 4 fully saturated rings. The van der Waals surface area contributed by atoms with Crippen LogP contribution in [0.1, 0.15) is 161 Å². The van der Waals surface area contributed by atoms with Crippen LogP contribution in [0.2, 0.25) is 0 Å². The summed E-state index contributed by atoms with van der Waals surface area (Å²) < 4.78 is 58.3. The Balaban J connectivity index is 1.25. The van der Waals surface area contributed by atoms with Gasteiger partial charge in [-0.2, -0.15) is 13.2 Å². The summed E-state index contributed by atoms with van der Waals surface area (Å²) in [5, 5.41) is 16.2. The lowest BCUT2D eigenvalue weighted by Crippen LogP contribution is -2.68. The highest BCUT2D eigenvalue weighted by Crippen LogP contribution is 2.46. The van der Waals surface area contributed by atoms with Crippen LogP contribution in [0.15, 0.2) is 48.5 Å². The molecule has 0 radical (unpaired) electrons. The predicted octanol–water partition coefficient (Wildman–Crippen LogP) is 7.30. The molecule has 528 valence electrons. The van der Waals surface area contributed by atoms with Gasteiger partial charge >= 0.3 is 18.2 Å². The quantitative estimate of drug-likeness (QED) is 0.0722. The smallest absolute Gasteiger partial charge is 0.419 e. The number of benzene rings is 2. The van der Waals surface area contributed by atoms with Gasteiger partial charge in [0.05, 0.1) is 25.2 Å². The summed E-state index contributed by atoms with van der Waals surface area (Å²) >= 11 is 0. The van der Waals surface area contributed by atoms with Gasteiger partial charge in [-0.1, -0.05) is 104 Å². The second-order valence-corrected chi connectivity index (χ2v) is 27.4. The molecular weight excluding hydrogens is 1240 g/mol. The van der Waals surface area contributed by atoms with Crippen molar-refractivity contribution in [3.05, 3.63) is 65.2 Å². The molecule has 26 heteroatoms. The number of aryl methyl sites for hydroxylation is 1. The monoisotopic (exact) mass is 1340 g/mol. The Kier molecular flexibility index (Phi) is 26.2. The molecule has 0 spiro atoms. The van der Waals surface area contributed by atoms with Crippen molar-refractivity contribution >= 4 is 59.3 Å². The Morgan fingerprint density at radius 1 is 0.768 bits per heavy atom. The summed E-state index contributed by atoms with van der Waals surface area (Å²) in [4.78, 5) is 156. The van der Waals surface area contributed by atoms with Gasteiger partial charge in [-0.25, -0.2) is 9.59 Å². The van der Waals surface area contributed by atoms with Gasteiger partial charge < -0.3 is 64.3 Å². The minimum absolute atomic E-state index is 0.00100. The molecule has 9 atom stereocenters. The molecule has 2 aromatic carbocycles. The molecular formula is C69H102F3N9O14. The fraction of sp³-hybridized carbons (Fsp3) is 0.681. The number of carboxylic acid groups (broad SMARTS) is 1. The third-order valence-corrected chi connectivity index (χ3v) is 20.4. The molecule has 2 aromatic rings. The van der Waals surface area contributed by atoms with Crippen LogP contribution in [0.4, 0.5) is 18.0 Å². The SMILES string of the molecule is CCC[C@@H](C(=O)N[C@H](C(=O)N1CCC[C@@]1(C(=O)O)C(C)(C)C)[C@@H](C)CC)N(C)C(=O)C[C@@H](C(=O)N(C)C)N(C)C(=O)[C@H](C1CCCC1)N(C)C(=O)C1(N(C)C(=O)[C@@H]2C[C@@H](OCC)CN2C(=O)[C@H](CCc2ccc(C(F)(F)F)c(OC)c2)NC(=O)OCc2ccccc2)CCC1. The van der Waals surface area contributed by atoms with Gasteiger partial charge in [0.25, 0.3) is 0 Å². The van der Waals surface area contributed by atoms with Crippen molar-refractivity contribution in [2.24, 2.45) is 17.3 Å². The molecule has 2 aliphatic heterocycles. The molecule has 6 rings (SSSR count). The second-order valence-electron chi connectivity index (χ2n) is 27.4. The number of alkyl halides is 3. The number of nitrogens with zero attached hydrogens (tertiary/aromatic N) is 7. The summed E-state index contributed by atoms with van der Waals surface area (Å²) in [5.41, 5.74) is -3.90. The van der Waals surface area contributed by atoms with E-state index in [-0.39, 0.29) is 71.2 Å². The second kappa shape index (κ2) is 32.5. The first-order chi connectivity index (χ1) is 44.7. The maximum Gasteiger partial charge on any atom is 0.419 e. The third-order valence-electron chi connectivity index (χ3n) is 20.4. The topological polar surface area (TPSA) is 265 Å². The van der Waals surface area contributed by atoms with E-state index in [4.69, 9.17) is 14.2 Å². The van der Waals surface area contributed by atoms with Gasteiger partial charge in [-0.3, -0.25) is 38.4 Å². The molecule has 9 amide bonds. The van der Waals surface area contributed by atoms with Crippen LogP contribution in [-0.2, 0) is 71.8 Å². The van der Waals surface area contributed by atoms with Crippen molar-refractivity contribution in [1.82, 2.24) is 44.9 Å². The number of amides is 9. The van der Waals surface area contributed by atoms with Crippen LogP contribution in [0.5, 0.6) is 5.75 Å². The van der Waals surface area contributed by atoms with Crippen LogP contribution in [0.3, 0.4) is 0 Å². The minimum Gasteiger partial charge on any atom is -0.496 e. The van der Waals surface area contributed by atoms with E-state index >= 15 is 19.2 Å². The van der Waals surface area contributed by atoms with Crippen LogP contribution in [0, 0.1) is 17.3 Å². The lowest BCUT2D eigenvalue weighted by atomic mass is 9.71. The maximum absolute atomic E-state index is 15.6. The number of carboxylic acids is 1. The van der Waals surface area contributed by atoms with Crippen molar-refractivity contribution < 1.29 is 80.4 Å². The number of hydrogen-bond donors (Lipinski definition) is 3. The molecule has 2 aliphatic carbocycles. The fourth-order valence-corrected chi connectivity index (χ4v) is 14.3. The summed E-state index contributed by atoms with van der Waals surface area (Å²) in [6, 6.07) is 4.57. The van der Waals surface area contributed by atoms with E-state index in [1.165, 1.54) is 88.7 Å². The van der Waals surface area contributed by atoms with Crippen LogP contribution in [-0.4, -0.2) is 221 Å².